The number of ketones is 1. The van der Waals surface area contributed by atoms with Gasteiger partial charge in [-0.25, -0.2) is 0 Å². The third kappa shape index (κ3) is 3.33. The molecule has 0 bridgehead atoms. The number of anilines is 1. The molecular formula is C23H15N3O7. The first-order valence-corrected chi connectivity index (χ1v) is 9.81. The summed E-state index contributed by atoms with van der Waals surface area (Å²) in [5.41, 5.74) is 0.713. The summed E-state index contributed by atoms with van der Waals surface area (Å²) in [6, 6.07) is 12.3. The minimum Gasteiger partial charge on any atom is -0.507 e. The molecule has 3 heterocycles. The average Bonchev–Trinajstić information content (AvgIpc) is 3.41. The van der Waals surface area contributed by atoms with Crippen LogP contribution in [0.1, 0.15) is 17.2 Å². The molecule has 1 unspecified atom stereocenters. The average molecular weight is 445 g/mol. The van der Waals surface area contributed by atoms with Gasteiger partial charge in [-0.15, -0.1) is 0 Å². The summed E-state index contributed by atoms with van der Waals surface area (Å²) in [6.07, 6.45) is 3.05. The number of ether oxygens (including phenoxy) is 2. The van der Waals surface area contributed by atoms with Gasteiger partial charge in [0.1, 0.15) is 5.76 Å². The van der Waals surface area contributed by atoms with Gasteiger partial charge in [-0.2, -0.15) is 0 Å². The van der Waals surface area contributed by atoms with Crippen molar-refractivity contribution in [2.45, 2.75) is 6.04 Å². The van der Waals surface area contributed by atoms with Gasteiger partial charge in [0, 0.05) is 41.8 Å². The van der Waals surface area contributed by atoms with Crippen LogP contribution in [-0.4, -0.2) is 33.5 Å². The van der Waals surface area contributed by atoms with E-state index in [-0.39, 0.29) is 23.6 Å². The molecule has 1 N–H and O–H groups in total. The molecule has 1 aromatic heterocycles. The summed E-state index contributed by atoms with van der Waals surface area (Å²) >= 11 is 0. The molecule has 33 heavy (non-hydrogen) atoms. The lowest BCUT2D eigenvalue weighted by molar-refractivity contribution is -0.384. The summed E-state index contributed by atoms with van der Waals surface area (Å²) in [5.74, 6) is -1.24. The Labute approximate surface area is 186 Å². The molecule has 2 aliphatic rings. The number of carbonyl (C=O) groups is 2. The molecule has 3 aromatic rings. The first-order chi connectivity index (χ1) is 16.0. The zero-order valence-corrected chi connectivity index (χ0v) is 16.9. The molecule has 0 radical (unpaired) electrons. The Morgan fingerprint density at radius 3 is 2.55 bits per heavy atom. The second-order valence-corrected chi connectivity index (χ2v) is 7.30. The van der Waals surface area contributed by atoms with Gasteiger partial charge >= 0.3 is 0 Å². The van der Waals surface area contributed by atoms with E-state index in [0.29, 0.717) is 22.7 Å². The van der Waals surface area contributed by atoms with E-state index in [2.05, 4.69) is 4.98 Å². The number of benzene rings is 2. The van der Waals surface area contributed by atoms with Crippen LogP contribution in [0.3, 0.4) is 0 Å². The van der Waals surface area contributed by atoms with Gasteiger partial charge in [0.25, 0.3) is 17.4 Å². The van der Waals surface area contributed by atoms with Crippen LogP contribution in [0, 0.1) is 10.1 Å². The Bertz CT molecular complexity index is 1320. The SMILES string of the molecule is O=C1C(=O)N(c2ccc3c(c2)OCO3)C(c2cccnc2)/C1=C(\O)c1ccc([N+](=O)[O-])cc1. The summed E-state index contributed by atoms with van der Waals surface area (Å²) in [6.45, 7) is 0.0454. The van der Waals surface area contributed by atoms with Crippen LogP contribution in [0.2, 0.25) is 0 Å². The zero-order chi connectivity index (χ0) is 23.1. The molecule has 0 spiro atoms. The number of fused-ring (bicyclic) bond motifs is 1. The largest absolute Gasteiger partial charge is 0.507 e. The van der Waals surface area contributed by atoms with Crippen LogP contribution in [0.25, 0.3) is 5.76 Å². The standard InChI is InChI=1S/C23H15N3O7/c27-21(13-3-5-15(6-4-13)26(30)31)19-20(14-2-1-9-24-11-14)25(23(29)22(19)28)16-7-8-17-18(10-16)33-12-32-17/h1-11,20,27H,12H2/b21-19+. The Kier molecular flexibility index (Phi) is 4.74. The zero-order valence-electron chi connectivity index (χ0n) is 16.9. The van der Waals surface area contributed by atoms with E-state index in [1.54, 1.807) is 36.5 Å². The highest BCUT2D eigenvalue weighted by Crippen LogP contribution is 2.44. The smallest absolute Gasteiger partial charge is 0.300 e. The van der Waals surface area contributed by atoms with Crippen LogP contribution in [0.15, 0.2) is 72.6 Å². The number of Topliss-reactive ketones (excluding diaryl/α,β-unsaturated/α-hetero) is 1. The Balaban J connectivity index is 1.67. The van der Waals surface area contributed by atoms with Gasteiger partial charge in [0.2, 0.25) is 6.79 Å². The molecule has 1 fully saturated rings. The molecule has 1 atom stereocenters. The normalized spacial score (nSPS) is 18.5. The van der Waals surface area contributed by atoms with Crippen molar-refractivity contribution in [1.82, 2.24) is 4.98 Å². The number of hydrogen-bond acceptors (Lipinski definition) is 8. The molecule has 5 rings (SSSR count). The molecule has 1 saturated heterocycles. The number of aliphatic hydroxyl groups is 1. The van der Waals surface area contributed by atoms with E-state index in [1.165, 1.54) is 35.4 Å². The summed E-state index contributed by atoms with van der Waals surface area (Å²) in [4.78, 5) is 42.0. The van der Waals surface area contributed by atoms with E-state index >= 15 is 0 Å². The fourth-order valence-electron chi connectivity index (χ4n) is 3.88. The molecule has 0 saturated carbocycles. The fraction of sp³-hybridized carbons (Fsp3) is 0.0870. The van der Waals surface area contributed by atoms with Crippen molar-refractivity contribution in [3.05, 3.63) is 93.8 Å². The number of aliphatic hydroxyl groups excluding tert-OH is 1. The minimum atomic E-state index is -0.978. The van der Waals surface area contributed by atoms with Gasteiger partial charge < -0.3 is 14.6 Å². The molecule has 0 aliphatic carbocycles. The molecule has 2 aromatic carbocycles. The Morgan fingerprint density at radius 2 is 1.85 bits per heavy atom. The van der Waals surface area contributed by atoms with Crippen molar-refractivity contribution in [2.75, 3.05) is 11.7 Å². The number of nitrogens with zero attached hydrogens (tertiary/aromatic N) is 3. The third-order valence-electron chi connectivity index (χ3n) is 5.43. The van der Waals surface area contributed by atoms with Crippen LogP contribution >= 0.6 is 0 Å². The van der Waals surface area contributed by atoms with Gasteiger partial charge in [-0.05, 0) is 35.9 Å². The number of nitro benzene ring substituents is 1. The highest BCUT2D eigenvalue weighted by Gasteiger charge is 2.47. The maximum atomic E-state index is 13.1. The number of aromatic nitrogens is 1. The summed E-state index contributed by atoms with van der Waals surface area (Å²) in [5, 5.41) is 22.0. The molecule has 164 valence electrons. The van der Waals surface area contributed by atoms with Gasteiger partial charge in [-0.1, -0.05) is 6.07 Å². The van der Waals surface area contributed by atoms with E-state index in [4.69, 9.17) is 9.47 Å². The second-order valence-electron chi connectivity index (χ2n) is 7.30. The van der Waals surface area contributed by atoms with Gasteiger partial charge in [-0.3, -0.25) is 29.6 Å². The maximum Gasteiger partial charge on any atom is 0.300 e. The van der Waals surface area contributed by atoms with E-state index in [1.807, 2.05) is 0 Å². The maximum absolute atomic E-state index is 13.1. The van der Waals surface area contributed by atoms with Crippen molar-refractivity contribution in [3.63, 3.8) is 0 Å². The quantitative estimate of drug-likeness (QED) is 0.213. The lowest BCUT2D eigenvalue weighted by Gasteiger charge is -2.25. The van der Waals surface area contributed by atoms with Crippen LogP contribution in [0.5, 0.6) is 11.5 Å². The first-order valence-electron chi connectivity index (χ1n) is 9.81. The summed E-state index contributed by atoms with van der Waals surface area (Å²) in [7, 11) is 0. The predicted octanol–water partition coefficient (Wildman–Crippen LogP) is 3.34. The van der Waals surface area contributed by atoms with Gasteiger partial charge in [0.05, 0.1) is 16.5 Å². The van der Waals surface area contributed by atoms with E-state index < -0.39 is 28.4 Å². The Hall–Kier alpha value is -4.73. The van der Waals surface area contributed by atoms with Crippen molar-refractivity contribution >= 4 is 28.8 Å². The van der Waals surface area contributed by atoms with Crippen molar-refractivity contribution < 1.29 is 29.1 Å². The first kappa shape index (κ1) is 20.2. The molecular weight excluding hydrogens is 430 g/mol. The lowest BCUT2D eigenvalue weighted by Crippen LogP contribution is -2.29. The number of nitro groups is 1. The highest BCUT2D eigenvalue weighted by atomic mass is 16.7. The number of pyridine rings is 1. The number of non-ortho nitro benzene ring substituents is 1. The predicted molar refractivity (Wildman–Crippen MR) is 115 cm³/mol. The van der Waals surface area contributed by atoms with Gasteiger partial charge in [0.15, 0.2) is 11.5 Å². The highest BCUT2D eigenvalue weighted by molar-refractivity contribution is 6.51. The van der Waals surface area contributed by atoms with E-state index in [9.17, 15) is 24.8 Å². The number of amides is 1. The van der Waals surface area contributed by atoms with Crippen LogP contribution in [-0.2, 0) is 9.59 Å². The lowest BCUT2D eigenvalue weighted by atomic mass is 9.96. The topological polar surface area (TPSA) is 132 Å². The molecule has 10 nitrogen and oxygen atoms in total. The number of hydrogen-bond donors (Lipinski definition) is 1. The second kappa shape index (κ2) is 7.75. The number of rotatable bonds is 4. The van der Waals surface area contributed by atoms with Crippen molar-refractivity contribution in [3.8, 4) is 11.5 Å². The van der Waals surface area contributed by atoms with Crippen LogP contribution < -0.4 is 14.4 Å². The monoisotopic (exact) mass is 445 g/mol. The van der Waals surface area contributed by atoms with Crippen molar-refractivity contribution in [1.29, 1.82) is 0 Å². The van der Waals surface area contributed by atoms with E-state index in [0.717, 1.165) is 0 Å². The fourth-order valence-corrected chi connectivity index (χ4v) is 3.88. The molecule has 10 heteroatoms. The molecule has 1 amide bonds. The third-order valence-corrected chi connectivity index (χ3v) is 5.43. The minimum absolute atomic E-state index is 0.0454. The number of carbonyl (C=O) groups excluding carboxylic acids is 2. The van der Waals surface area contributed by atoms with Crippen LogP contribution in [0.4, 0.5) is 11.4 Å². The Morgan fingerprint density at radius 1 is 1.09 bits per heavy atom. The molecule has 2 aliphatic heterocycles. The summed E-state index contributed by atoms with van der Waals surface area (Å²) < 4.78 is 10.7. The van der Waals surface area contributed by atoms with Crippen molar-refractivity contribution in [2.24, 2.45) is 0 Å².